The Bertz CT molecular complexity index is 2740. The molecule has 0 saturated carbocycles. The predicted molar refractivity (Wildman–Crippen MR) is 242 cm³/mol. The van der Waals surface area contributed by atoms with Crippen LogP contribution in [0.3, 0.4) is 0 Å². The smallest absolute Gasteiger partial charge is 0.258 e. The Hall–Kier alpha value is -5.64. The number of nitrogens with zero attached hydrogens (tertiary/aromatic N) is 4. The second kappa shape index (κ2) is 19.3. The number of aliphatic hydroxyl groups is 2. The maximum absolute atomic E-state index is 13.5. The van der Waals surface area contributed by atoms with E-state index in [2.05, 4.69) is 10.6 Å². The van der Waals surface area contributed by atoms with Gasteiger partial charge in [0, 0.05) is 85.8 Å². The van der Waals surface area contributed by atoms with Crippen LogP contribution in [0.25, 0.3) is 12.2 Å². The molecule has 2 amide bonds. The monoisotopic (exact) mass is 950 g/mol. The highest BCUT2D eigenvalue weighted by atomic mass is 32.2. The molecule has 20 heteroatoms. The van der Waals surface area contributed by atoms with Gasteiger partial charge in [0.1, 0.15) is 11.6 Å². The van der Waals surface area contributed by atoms with Gasteiger partial charge in [-0.25, -0.2) is 25.6 Å². The Morgan fingerprint density at radius 2 is 1.03 bits per heavy atom. The predicted octanol–water partition coefficient (Wildman–Crippen LogP) is 2.52. The van der Waals surface area contributed by atoms with E-state index in [1.54, 1.807) is 74.5 Å². The number of benzene rings is 2. The summed E-state index contributed by atoms with van der Waals surface area (Å²) >= 11 is 0. The Balaban J connectivity index is 0.000000196. The summed E-state index contributed by atoms with van der Waals surface area (Å²) in [7, 11) is -7.51. The minimum Gasteiger partial charge on any atom is -0.396 e. The lowest BCUT2D eigenvalue weighted by Crippen LogP contribution is -2.48. The molecule has 0 aliphatic carbocycles. The van der Waals surface area contributed by atoms with Gasteiger partial charge in [-0.1, -0.05) is 48.6 Å². The molecule has 2 fully saturated rings. The van der Waals surface area contributed by atoms with E-state index in [1.165, 1.54) is 54.1 Å². The Morgan fingerprint density at radius 1 is 0.652 bits per heavy atom. The lowest BCUT2D eigenvalue weighted by Gasteiger charge is -2.36. The molecule has 2 saturated heterocycles. The van der Waals surface area contributed by atoms with E-state index in [4.69, 9.17) is 0 Å². The molecule has 66 heavy (non-hydrogen) atoms. The number of carbonyl (C=O) groups excluding carboxylic acids is 2. The third-order valence-electron chi connectivity index (χ3n) is 12.8. The maximum atomic E-state index is 13.5. The van der Waals surface area contributed by atoms with Gasteiger partial charge in [-0.2, -0.15) is 8.61 Å². The van der Waals surface area contributed by atoms with Crippen molar-refractivity contribution in [1.82, 2.24) is 28.4 Å². The molecule has 0 radical (unpaired) electrons. The van der Waals surface area contributed by atoms with Crippen LogP contribution in [0.15, 0.2) is 94.5 Å². The van der Waals surface area contributed by atoms with Crippen molar-refractivity contribution in [2.24, 2.45) is 23.7 Å². The first kappa shape index (κ1) is 48.3. The van der Waals surface area contributed by atoms with E-state index in [1.807, 2.05) is 0 Å². The second-order valence-corrected chi connectivity index (χ2v) is 20.7. The van der Waals surface area contributed by atoms with E-state index in [-0.39, 0.29) is 37.3 Å². The Kier molecular flexibility index (Phi) is 14.1. The number of nitrogens with one attached hydrogen (secondary N) is 2. The lowest BCUT2D eigenvalue weighted by atomic mass is 9.86. The number of hydrogen-bond acceptors (Lipinski definition) is 10. The molecule has 6 heterocycles. The van der Waals surface area contributed by atoms with E-state index in [9.17, 15) is 55.0 Å². The van der Waals surface area contributed by atoms with E-state index >= 15 is 0 Å². The number of pyridine rings is 2. The Labute approximate surface area is 381 Å². The zero-order valence-electron chi connectivity index (χ0n) is 36.6. The number of hydrogen-bond donors (Lipinski definition) is 4. The molecular formula is C46H52F2N6O10S2. The van der Waals surface area contributed by atoms with Gasteiger partial charge in [-0.15, -0.1) is 0 Å². The highest BCUT2D eigenvalue weighted by Gasteiger charge is 2.60. The summed E-state index contributed by atoms with van der Waals surface area (Å²) in [5.74, 6) is -5.02. The molecule has 16 nitrogen and oxygen atoms in total. The van der Waals surface area contributed by atoms with Crippen LogP contribution in [0.2, 0.25) is 0 Å². The van der Waals surface area contributed by atoms with Crippen LogP contribution in [0, 0.1) is 35.3 Å². The normalized spacial score (nSPS) is 24.7. The van der Waals surface area contributed by atoms with Crippen LogP contribution < -0.4 is 21.8 Å². The topological polar surface area (TPSA) is 217 Å². The number of aromatic nitrogens is 2. The fraction of sp³-hybridized carbons (Fsp3) is 0.391. The van der Waals surface area contributed by atoms with Gasteiger partial charge in [0.2, 0.25) is 31.9 Å². The molecule has 4 aromatic rings. The van der Waals surface area contributed by atoms with Gasteiger partial charge in [-0.3, -0.25) is 19.2 Å². The molecular weight excluding hydrogens is 899 g/mol. The van der Waals surface area contributed by atoms with Crippen molar-refractivity contribution in [2.45, 2.75) is 64.2 Å². The molecule has 4 N–H and O–H groups in total. The van der Waals surface area contributed by atoms with Crippen LogP contribution >= 0.6 is 0 Å². The SMILES string of the molecule is C/C=C/c1ccc2n(c1=O)C[C@H]1[C@H](CO)[C@@H](C(=O)NCc3cccc(F)c3)[C@@H]2N1S(C)(=O)=O.C/C=C\c1ccc2n(c1=O)C[C@H]1[C@H](CO)[C@@H](C(=O)NCc3cccc(F)c3)[C@@H]2N1S(C)(=O)=O. The highest BCUT2D eigenvalue weighted by Crippen LogP contribution is 2.51. The van der Waals surface area contributed by atoms with E-state index in [0.29, 0.717) is 33.6 Å². The number of sulfonamides is 2. The fourth-order valence-electron chi connectivity index (χ4n) is 10.2. The third-order valence-corrected chi connectivity index (χ3v) is 15.3. The van der Waals surface area contributed by atoms with Crippen molar-refractivity contribution in [3.05, 3.63) is 151 Å². The number of allylic oxidation sites excluding steroid dienone is 2. The average Bonchev–Trinajstić information content (AvgIpc) is 3.68. The largest absolute Gasteiger partial charge is 0.396 e. The van der Waals surface area contributed by atoms with E-state index < -0.39 is 105 Å². The van der Waals surface area contributed by atoms with Gasteiger partial charge in [-0.05, 0) is 73.5 Å². The molecule has 8 rings (SSSR count). The number of carbonyl (C=O) groups is 2. The first-order valence-electron chi connectivity index (χ1n) is 21.3. The van der Waals surface area contributed by atoms with Crippen LogP contribution in [-0.2, 0) is 55.8 Å². The van der Waals surface area contributed by atoms with Crippen LogP contribution in [-0.4, -0.2) is 94.4 Å². The number of halogens is 2. The number of aliphatic hydroxyl groups excluding tert-OH is 2. The van der Waals surface area contributed by atoms with Crippen LogP contribution in [0.4, 0.5) is 8.78 Å². The van der Waals surface area contributed by atoms with Crippen LogP contribution in [0.5, 0.6) is 0 Å². The molecule has 4 bridgehead atoms. The molecule has 0 unspecified atom stereocenters. The van der Waals surface area contributed by atoms with Gasteiger partial charge in [0.25, 0.3) is 11.1 Å². The third kappa shape index (κ3) is 9.21. The molecule has 8 atom stereocenters. The average molecular weight is 951 g/mol. The minimum absolute atomic E-state index is 0.0437. The van der Waals surface area contributed by atoms with Crippen LogP contribution in [0.1, 0.15) is 59.6 Å². The van der Waals surface area contributed by atoms with Gasteiger partial charge in [0.15, 0.2) is 0 Å². The summed E-state index contributed by atoms with van der Waals surface area (Å²) in [6, 6.07) is 14.8. The first-order chi connectivity index (χ1) is 31.3. The number of amides is 2. The van der Waals surface area contributed by atoms with Crippen molar-refractivity contribution in [2.75, 3.05) is 25.7 Å². The van der Waals surface area contributed by atoms with Gasteiger partial charge < -0.3 is 30.0 Å². The number of rotatable bonds is 12. The number of fused-ring (bicyclic) bond motifs is 8. The zero-order chi connectivity index (χ0) is 47.8. The lowest BCUT2D eigenvalue weighted by molar-refractivity contribution is -0.128. The van der Waals surface area contributed by atoms with Crippen molar-refractivity contribution in [3.8, 4) is 0 Å². The summed E-state index contributed by atoms with van der Waals surface area (Å²) in [5.41, 5.74) is 2.31. The summed E-state index contributed by atoms with van der Waals surface area (Å²) in [5, 5.41) is 25.9. The van der Waals surface area contributed by atoms with Gasteiger partial charge in [0.05, 0.1) is 36.4 Å². The summed E-state index contributed by atoms with van der Waals surface area (Å²) in [6.07, 6.45) is 8.96. The maximum Gasteiger partial charge on any atom is 0.258 e. The molecule has 4 aliphatic rings. The standard InChI is InChI=1S/2C23H26FN3O5S/c2*1-3-5-15-8-9-18-21-20(22(29)25-11-14-6-4-7-16(24)10-14)17(13-28)19(12-26(18)23(15)30)27(21)33(2,31)32/h2*3-10,17,19-21,28H,11-13H2,1-2H3,(H,25,29)/b5-3+;5-3-/t2*17-,19-,20+,21+/m00/s1. The van der Waals surface area contributed by atoms with Gasteiger partial charge >= 0.3 is 0 Å². The molecule has 2 aromatic heterocycles. The minimum atomic E-state index is -3.76. The molecule has 4 aliphatic heterocycles. The first-order valence-corrected chi connectivity index (χ1v) is 25.0. The van der Waals surface area contributed by atoms with E-state index in [0.717, 1.165) is 12.5 Å². The second-order valence-electron chi connectivity index (χ2n) is 16.9. The molecule has 352 valence electrons. The van der Waals surface area contributed by atoms with Crippen molar-refractivity contribution >= 4 is 44.0 Å². The molecule has 2 aromatic carbocycles. The molecule has 0 spiro atoms. The van der Waals surface area contributed by atoms with Crippen molar-refractivity contribution < 1.29 is 45.4 Å². The zero-order valence-corrected chi connectivity index (χ0v) is 38.3. The summed E-state index contributed by atoms with van der Waals surface area (Å²) < 4.78 is 83.5. The van der Waals surface area contributed by atoms with Crippen molar-refractivity contribution in [1.29, 1.82) is 0 Å². The highest BCUT2D eigenvalue weighted by molar-refractivity contribution is 7.88. The summed E-state index contributed by atoms with van der Waals surface area (Å²) in [6.45, 7) is 2.93. The fourth-order valence-corrected chi connectivity index (χ4v) is 12.9. The Morgan fingerprint density at radius 3 is 1.35 bits per heavy atom. The summed E-state index contributed by atoms with van der Waals surface area (Å²) in [4.78, 5) is 52.7. The van der Waals surface area contributed by atoms with Crippen molar-refractivity contribution in [3.63, 3.8) is 0 Å². The quantitative estimate of drug-likeness (QED) is 0.163.